The van der Waals surface area contributed by atoms with Gasteiger partial charge in [0.05, 0.1) is 6.42 Å². The molecule has 0 bridgehead atoms. The van der Waals surface area contributed by atoms with Crippen LogP contribution in [0.3, 0.4) is 0 Å². The molecule has 1 aromatic carbocycles. The molecule has 2 amide bonds. The highest BCUT2D eigenvalue weighted by Gasteiger charge is 2.35. The fourth-order valence-corrected chi connectivity index (χ4v) is 6.41. The van der Waals surface area contributed by atoms with Gasteiger partial charge in [-0.1, -0.05) is 23.4 Å². The topological polar surface area (TPSA) is 187 Å². The van der Waals surface area contributed by atoms with Gasteiger partial charge in [-0.3, -0.25) is 14.4 Å². The van der Waals surface area contributed by atoms with Crippen LogP contribution in [0.15, 0.2) is 40.0 Å². The van der Waals surface area contributed by atoms with E-state index in [9.17, 15) is 22.8 Å². The van der Waals surface area contributed by atoms with Gasteiger partial charge in [0.2, 0.25) is 16.8 Å². The summed E-state index contributed by atoms with van der Waals surface area (Å²) in [5, 5.41) is 7.54. The van der Waals surface area contributed by atoms with Crippen LogP contribution in [-0.4, -0.2) is 72.0 Å². The second-order valence-corrected chi connectivity index (χ2v) is 13.7. The number of sulfonamides is 1. The van der Waals surface area contributed by atoms with E-state index in [1.807, 2.05) is 6.07 Å². The number of esters is 1. The van der Waals surface area contributed by atoms with Gasteiger partial charge in [-0.15, -0.1) is 0 Å². The van der Waals surface area contributed by atoms with Crippen LogP contribution in [0.5, 0.6) is 0 Å². The number of aromatic nitrogens is 2. The van der Waals surface area contributed by atoms with Gasteiger partial charge < -0.3 is 25.2 Å². The molecule has 1 fully saturated rings. The molecule has 3 heterocycles. The minimum atomic E-state index is -4.40. The van der Waals surface area contributed by atoms with Gasteiger partial charge in [-0.2, -0.15) is 4.72 Å². The highest BCUT2D eigenvalue weighted by atomic mass is 32.2. The number of piperidine rings is 1. The summed E-state index contributed by atoms with van der Waals surface area (Å²) in [5.41, 5.74) is 6.13. The van der Waals surface area contributed by atoms with Gasteiger partial charge in [0.25, 0.3) is 10.0 Å². The molecule has 238 valence electrons. The second-order valence-electron chi connectivity index (χ2n) is 12.0. The van der Waals surface area contributed by atoms with Crippen LogP contribution in [0.25, 0.3) is 10.8 Å². The van der Waals surface area contributed by atoms with E-state index >= 15 is 0 Å². The number of pyridine rings is 1. The molecule has 2 atom stereocenters. The zero-order chi connectivity index (χ0) is 32.2. The minimum absolute atomic E-state index is 0.118. The predicted octanol–water partition coefficient (Wildman–Crippen LogP) is 2.54. The fraction of sp³-hybridized carbons (Fsp3) is 0.500. The van der Waals surface area contributed by atoms with Crippen LogP contribution in [0.1, 0.15) is 63.3 Å². The van der Waals surface area contributed by atoms with Gasteiger partial charge in [-0.25, -0.2) is 13.4 Å². The fourth-order valence-electron chi connectivity index (χ4n) is 5.05. The zero-order valence-corrected chi connectivity index (χ0v) is 26.5. The van der Waals surface area contributed by atoms with Crippen LogP contribution in [0, 0.1) is 13.8 Å². The summed E-state index contributed by atoms with van der Waals surface area (Å²) in [6.07, 6.45) is 3.77. The number of carbonyl (C=O) groups is 3. The van der Waals surface area contributed by atoms with E-state index in [1.165, 1.54) is 6.92 Å². The van der Waals surface area contributed by atoms with E-state index in [4.69, 9.17) is 15.0 Å². The molecular formula is C30H40N6O7S. The van der Waals surface area contributed by atoms with Crippen molar-refractivity contribution < 1.29 is 32.1 Å². The average molecular weight is 629 g/mol. The Morgan fingerprint density at radius 1 is 1.09 bits per heavy atom. The van der Waals surface area contributed by atoms with Crippen molar-refractivity contribution in [2.75, 3.05) is 18.8 Å². The van der Waals surface area contributed by atoms with Crippen molar-refractivity contribution in [3.8, 4) is 0 Å². The van der Waals surface area contributed by atoms with Crippen LogP contribution < -0.4 is 15.8 Å². The third-order valence-electron chi connectivity index (χ3n) is 7.36. The number of nitrogen functional groups attached to an aromatic ring is 1. The number of carbonyl (C=O) groups excluding carboxylic acids is 3. The van der Waals surface area contributed by atoms with Gasteiger partial charge in [0.15, 0.2) is 0 Å². The van der Waals surface area contributed by atoms with Crippen molar-refractivity contribution in [2.24, 2.45) is 0 Å². The molecule has 4 N–H and O–H groups in total. The molecule has 0 spiro atoms. The van der Waals surface area contributed by atoms with Crippen LogP contribution in [-0.2, 0) is 35.6 Å². The predicted molar refractivity (Wildman–Crippen MR) is 163 cm³/mol. The number of aryl methyl sites for hydroxylation is 1. The maximum Gasteiger partial charge on any atom is 0.308 e. The minimum Gasteiger partial charge on any atom is -0.460 e. The molecule has 0 aliphatic carbocycles. The summed E-state index contributed by atoms with van der Waals surface area (Å²) in [6, 6.07) is 4.63. The number of benzene rings is 1. The number of amides is 2. The molecule has 1 aliphatic rings. The first-order chi connectivity index (χ1) is 20.6. The summed E-state index contributed by atoms with van der Waals surface area (Å²) in [6.45, 7) is 9.14. The van der Waals surface area contributed by atoms with Crippen LogP contribution >= 0.6 is 0 Å². The van der Waals surface area contributed by atoms with E-state index in [0.717, 1.165) is 35.6 Å². The van der Waals surface area contributed by atoms with Crippen molar-refractivity contribution in [3.05, 3.63) is 47.3 Å². The molecule has 3 aromatic rings. The van der Waals surface area contributed by atoms with Crippen LogP contribution in [0.2, 0.25) is 0 Å². The molecule has 4 rings (SSSR count). The molecule has 14 heteroatoms. The summed E-state index contributed by atoms with van der Waals surface area (Å²) in [5.74, 6) is -1.29. The lowest BCUT2D eigenvalue weighted by Crippen LogP contribution is -2.56. The molecule has 0 unspecified atom stereocenters. The monoisotopic (exact) mass is 628 g/mol. The Morgan fingerprint density at radius 3 is 2.43 bits per heavy atom. The number of rotatable bonds is 10. The van der Waals surface area contributed by atoms with Crippen molar-refractivity contribution in [3.63, 3.8) is 0 Å². The number of hydrogen-bond donors (Lipinski definition) is 3. The zero-order valence-electron chi connectivity index (χ0n) is 25.7. The normalized spacial score (nSPS) is 15.5. The molecule has 1 saturated heterocycles. The first kappa shape index (κ1) is 32.9. The maximum absolute atomic E-state index is 13.8. The van der Waals surface area contributed by atoms with Crippen LogP contribution in [0.4, 0.5) is 5.82 Å². The summed E-state index contributed by atoms with van der Waals surface area (Å²) in [7, 11) is -4.40. The largest absolute Gasteiger partial charge is 0.460 e. The Balaban J connectivity index is 1.64. The summed E-state index contributed by atoms with van der Waals surface area (Å²) < 4.78 is 39.3. The highest BCUT2D eigenvalue weighted by Crippen LogP contribution is 2.22. The van der Waals surface area contributed by atoms with E-state index < -0.39 is 51.0 Å². The molecule has 13 nitrogen and oxygen atoms in total. The molecule has 44 heavy (non-hydrogen) atoms. The quantitative estimate of drug-likeness (QED) is 0.282. The number of nitrogens with zero attached hydrogens (tertiary/aromatic N) is 3. The van der Waals surface area contributed by atoms with E-state index in [1.54, 1.807) is 57.0 Å². The van der Waals surface area contributed by atoms with E-state index in [0.29, 0.717) is 24.7 Å². The van der Waals surface area contributed by atoms with Crippen molar-refractivity contribution in [1.29, 1.82) is 0 Å². The lowest BCUT2D eigenvalue weighted by molar-refractivity contribution is -0.156. The Morgan fingerprint density at radius 2 is 1.80 bits per heavy atom. The van der Waals surface area contributed by atoms with E-state index in [-0.39, 0.29) is 17.9 Å². The molecule has 0 radical (unpaired) electrons. The first-order valence-corrected chi connectivity index (χ1v) is 16.0. The number of likely N-dealkylation sites (tertiary alicyclic amines) is 1. The molecule has 2 aromatic heterocycles. The second kappa shape index (κ2) is 13.3. The lowest BCUT2D eigenvalue weighted by Gasteiger charge is -2.31. The summed E-state index contributed by atoms with van der Waals surface area (Å²) >= 11 is 0. The van der Waals surface area contributed by atoms with Gasteiger partial charge >= 0.3 is 5.97 Å². The first-order valence-electron chi connectivity index (χ1n) is 14.5. The lowest BCUT2D eigenvalue weighted by atomic mass is 10.00. The number of fused-ring (bicyclic) bond motifs is 1. The van der Waals surface area contributed by atoms with E-state index in [2.05, 4.69) is 20.2 Å². The number of ether oxygens (including phenoxy) is 1. The third-order valence-corrected chi connectivity index (χ3v) is 8.84. The molecular weight excluding hydrogens is 588 g/mol. The number of hydrogen-bond acceptors (Lipinski definition) is 10. The summed E-state index contributed by atoms with van der Waals surface area (Å²) in [4.78, 5) is 46.2. The van der Waals surface area contributed by atoms with Gasteiger partial charge in [0.1, 0.15) is 29.3 Å². The smallest absolute Gasteiger partial charge is 0.308 e. The SMILES string of the molecule is Cc1onc(S(=O)(=O)N[C@@H](CC(=O)OC(C)(C)C)C(=O)N[C@@H](Cc2ccc3c(N)nccc3c2)C(=O)N2CCCCC2)c1C. The van der Waals surface area contributed by atoms with Gasteiger partial charge in [0, 0.05) is 36.7 Å². The Bertz CT molecular complexity index is 1640. The average Bonchev–Trinajstić information content (AvgIpc) is 3.29. The number of nitrogens with one attached hydrogen (secondary N) is 2. The Kier molecular flexibility index (Phi) is 9.94. The van der Waals surface area contributed by atoms with Crippen molar-refractivity contribution >= 4 is 44.4 Å². The maximum atomic E-state index is 13.8. The molecule has 1 aliphatic heterocycles. The Hall–Kier alpha value is -4.04. The third kappa shape index (κ3) is 8.11. The Labute approximate surface area is 256 Å². The number of anilines is 1. The molecule has 0 saturated carbocycles. The number of nitrogens with two attached hydrogens (primary N) is 1. The van der Waals surface area contributed by atoms with Gasteiger partial charge in [-0.05, 0) is 70.9 Å². The standard InChI is InChI=1S/C30H40N6O7S/c1-18-19(2)43-34-28(18)44(40,41)35-23(17-25(37)42-30(3,4)5)27(38)33-24(29(39)36-13-7-6-8-14-36)16-20-9-10-22-21(15-20)11-12-32-26(22)31/h9-12,15,23-24,35H,6-8,13-14,16-17H2,1-5H3,(H2,31,32)(H,33,38)/t23-,24-/m0/s1. The van der Waals surface area contributed by atoms with Crippen molar-refractivity contribution in [2.45, 2.75) is 89.4 Å². The van der Waals surface area contributed by atoms with Crippen molar-refractivity contribution in [1.82, 2.24) is 25.1 Å². The highest BCUT2D eigenvalue weighted by molar-refractivity contribution is 7.89.